The smallest absolute Gasteiger partial charge is 0.319 e. The number of anilines is 1. The number of thiazole rings is 1. The predicted octanol–water partition coefficient (Wildman–Crippen LogP) is 4.40. The minimum Gasteiger partial charge on any atom is -0.331 e. The van der Waals surface area contributed by atoms with Crippen molar-refractivity contribution in [3.63, 3.8) is 0 Å². The van der Waals surface area contributed by atoms with E-state index in [1.807, 2.05) is 55.6 Å². The number of benzene rings is 1. The second kappa shape index (κ2) is 7.23. The molecular formula is C18H18N4OS. The standard InChI is InChI=1S/C18H18N4OS/c1-12-11-24-17(20-12)15-4-3-5-16(10-15)22-18(23)21-13(2)14-6-8-19-9-7-14/h3-11,13H,1-2H3,(H2,21,22,23). The molecule has 6 heteroatoms. The summed E-state index contributed by atoms with van der Waals surface area (Å²) in [5.74, 6) is 0. The van der Waals surface area contributed by atoms with Crippen LogP contribution in [0.15, 0.2) is 54.2 Å². The maximum atomic E-state index is 12.2. The van der Waals surface area contributed by atoms with Crippen molar-refractivity contribution in [2.45, 2.75) is 19.9 Å². The topological polar surface area (TPSA) is 66.9 Å². The van der Waals surface area contributed by atoms with Gasteiger partial charge in [-0.05, 0) is 43.7 Å². The number of rotatable bonds is 4. The van der Waals surface area contributed by atoms with Gasteiger partial charge in [0.15, 0.2) is 0 Å². The lowest BCUT2D eigenvalue weighted by Gasteiger charge is -2.15. The van der Waals surface area contributed by atoms with Crippen molar-refractivity contribution in [2.75, 3.05) is 5.32 Å². The molecule has 2 aromatic heterocycles. The average molecular weight is 338 g/mol. The highest BCUT2D eigenvalue weighted by atomic mass is 32.1. The molecule has 0 radical (unpaired) electrons. The van der Waals surface area contributed by atoms with Gasteiger partial charge in [0.1, 0.15) is 5.01 Å². The van der Waals surface area contributed by atoms with Gasteiger partial charge >= 0.3 is 6.03 Å². The summed E-state index contributed by atoms with van der Waals surface area (Å²) >= 11 is 1.59. The molecule has 0 aliphatic carbocycles. The normalized spacial score (nSPS) is 11.8. The zero-order valence-electron chi connectivity index (χ0n) is 13.5. The maximum absolute atomic E-state index is 12.2. The van der Waals surface area contributed by atoms with Crippen LogP contribution < -0.4 is 10.6 Å². The third-order valence-electron chi connectivity index (χ3n) is 3.54. The molecule has 2 amide bonds. The largest absolute Gasteiger partial charge is 0.331 e. The minimum absolute atomic E-state index is 0.0993. The molecular weight excluding hydrogens is 320 g/mol. The van der Waals surface area contributed by atoms with E-state index in [2.05, 4.69) is 20.6 Å². The van der Waals surface area contributed by atoms with E-state index in [4.69, 9.17) is 0 Å². The van der Waals surface area contributed by atoms with Crippen LogP contribution in [0.1, 0.15) is 24.2 Å². The van der Waals surface area contributed by atoms with Gasteiger partial charge in [0.05, 0.1) is 6.04 Å². The molecule has 24 heavy (non-hydrogen) atoms. The Kier molecular flexibility index (Phi) is 4.86. The number of nitrogens with one attached hydrogen (secondary N) is 2. The number of aromatic nitrogens is 2. The van der Waals surface area contributed by atoms with Crippen LogP contribution in [0.4, 0.5) is 10.5 Å². The Morgan fingerprint density at radius 3 is 2.71 bits per heavy atom. The molecule has 2 N–H and O–H groups in total. The van der Waals surface area contributed by atoms with Crippen LogP contribution in [0.25, 0.3) is 10.6 Å². The summed E-state index contributed by atoms with van der Waals surface area (Å²) in [5, 5.41) is 8.75. The van der Waals surface area contributed by atoms with Crippen LogP contribution in [0, 0.1) is 6.92 Å². The van der Waals surface area contributed by atoms with E-state index in [1.165, 1.54) is 0 Å². The fraction of sp³-hybridized carbons (Fsp3) is 0.167. The van der Waals surface area contributed by atoms with Crippen LogP contribution in [0.3, 0.4) is 0 Å². The van der Waals surface area contributed by atoms with Crippen molar-refractivity contribution in [2.24, 2.45) is 0 Å². The molecule has 3 aromatic rings. The summed E-state index contributed by atoms with van der Waals surface area (Å²) < 4.78 is 0. The van der Waals surface area contributed by atoms with Crippen molar-refractivity contribution in [1.29, 1.82) is 0 Å². The summed E-state index contributed by atoms with van der Waals surface area (Å²) in [7, 11) is 0. The number of amides is 2. The van der Waals surface area contributed by atoms with E-state index >= 15 is 0 Å². The molecule has 0 aliphatic heterocycles. The summed E-state index contributed by atoms with van der Waals surface area (Å²) in [6, 6.07) is 11.1. The average Bonchev–Trinajstić information content (AvgIpc) is 3.02. The minimum atomic E-state index is -0.244. The van der Waals surface area contributed by atoms with Gasteiger partial charge in [-0.3, -0.25) is 4.98 Å². The van der Waals surface area contributed by atoms with Crippen molar-refractivity contribution >= 4 is 23.1 Å². The van der Waals surface area contributed by atoms with E-state index in [0.717, 1.165) is 27.5 Å². The lowest BCUT2D eigenvalue weighted by Crippen LogP contribution is -2.31. The van der Waals surface area contributed by atoms with Gasteiger partial charge in [-0.25, -0.2) is 9.78 Å². The zero-order chi connectivity index (χ0) is 16.9. The molecule has 0 saturated heterocycles. The first-order chi connectivity index (χ1) is 11.6. The molecule has 3 rings (SSSR count). The monoisotopic (exact) mass is 338 g/mol. The number of hydrogen-bond acceptors (Lipinski definition) is 4. The second-order valence-corrected chi connectivity index (χ2v) is 6.33. The van der Waals surface area contributed by atoms with E-state index in [-0.39, 0.29) is 12.1 Å². The quantitative estimate of drug-likeness (QED) is 0.741. The Bertz CT molecular complexity index is 832. The lowest BCUT2D eigenvalue weighted by molar-refractivity contribution is 0.249. The fourth-order valence-corrected chi connectivity index (χ4v) is 3.11. The van der Waals surface area contributed by atoms with E-state index in [1.54, 1.807) is 23.7 Å². The van der Waals surface area contributed by atoms with Crippen LogP contribution in [0.5, 0.6) is 0 Å². The van der Waals surface area contributed by atoms with Gasteiger partial charge in [0.25, 0.3) is 0 Å². The van der Waals surface area contributed by atoms with Crippen LogP contribution in [-0.2, 0) is 0 Å². The van der Waals surface area contributed by atoms with Gasteiger partial charge in [0, 0.05) is 34.7 Å². The maximum Gasteiger partial charge on any atom is 0.319 e. The summed E-state index contributed by atoms with van der Waals surface area (Å²) in [6.07, 6.45) is 3.43. The molecule has 1 atom stereocenters. The highest BCUT2D eigenvalue weighted by molar-refractivity contribution is 7.13. The molecule has 0 saturated carbocycles. The molecule has 1 unspecified atom stereocenters. The Balaban J connectivity index is 1.66. The SMILES string of the molecule is Cc1csc(-c2cccc(NC(=O)NC(C)c3ccncc3)c2)n1. The number of aryl methyl sites for hydroxylation is 1. The molecule has 0 spiro atoms. The van der Waals surface area contributed by atoms with E-state index < -0.39 is 0 Å². The van der Waals surface area contributed by atoms with Crippen molar-refractivity contribution in [1.82, 2.24) is 15.3 Å². The highest BCUT2D eigenvalue weighted by Crippen LogP contribution is 2.25. The second-order valence-electron chi connectivity index (χ2n) is 5.48. The Morgan fingerprint density at radius 1 is 1.21 bits per heavy atom. The predicted molar refractivity (Wildman–Crippen MR) is 97.1 cm³/mol. The van der Waals surface area contributed by atoms with Gasteiger partial charge in [-0.1, -0.05) is 12.1 Å². The summed E-state index contributed by atoms with van der Waals surface area (Å²) in [5.41, 5.74) is 3.73. The van der Waals surface area contributed by atoms with Gasteiger partial charge < -0.3 is 10.6 Å². The number of nitrogens with zero attached hydrogens (tertiary/aromatic N) is 2. The van der Waals surface area contributed by atoms with E-state index in [0.29, 0.717) is 0 Å². The molecule has 122 valence electrons. The zero-order valence-corrected chi connectivity index (χ0v) is 14.3. The third kappa shape index (κ3) is 3.97. The van der Waals surface area contributed by atoms with Crippen molar-refractivity contribution < 1.29 is 4.79 Å². The Hall–Kier alpha value is -2.73. The fourth-order valence-electron chi connectivity index (χ4n) is 2.32. The highest BCUT2D eigenvalue weighted by Gasteiger charge is 2.10. The first kappa shape index (κ1) is 16.1. The molecule has 0 bridgehead atoms. The molecule has 1 aromatic carbocycles. The number of urea groups is 1. The van der Waals surface area contributed by atoms with E-state index in [9.17, 15) is 4.79 Å². The number of hydrogen-bond donors (Lipinski definition) is 2. The van der Waals surface area contributed by atoms with Gasteiger partial charge in [0.2, 0.25) is 0 Å². The molecule has 0 fully saturated rings. The third-order valence-corrected chi connectivity index (χ3v) is 4.55. The molecule has 0 aliphatic rings. The number of carbonyl (C=O) groups is 1. The first-order valence-corrected chi connectivity index (χ1v) is 8.50. The van der Waals surface area contributed by atoms with Crippen LogP contribution >= 0.6 is 11.3 Å². The van der Waals surface area contributed by atoms with Crippen molar-refractivity contribution in [3.8, 4) is 10.6 Å². The Morgan fingerprint density at radius 2 is 2.00 bits per heavy atom. The van der Waals surface area contributed by atoms with Gasteiger partial charge in [-0.2, -0.15) is 0 Å². The molecule has 2 heterocycles. The first-order valence-electron chi connectivity index (χ1n) is 7.62. The van der Waals surface area contributed by atoms with Crippen molar-refractivity contribution in [3.05, 3.63) is 65.4 Å². The number of carbonyl (C=O) groups excluding carboxylic acids is 1. The van der Waals surface area contributed by atoms with Gasteiger partial charge in [-0.15, -0.1) is 11.3 Å². The summed E-state index contributed by atoms with van der Waals surface area (Å²) in [4.78, 5) is 20.7. The Labute approximate surface area is 144 Å². The van der Waals surface area contributed by atoms with Crippen LogP contribution in [0.2, 0.25) is 0 Å². The lowest BCUT2D eigenvalue weighted by atomic mass is 10.1. The molecule has 5 nitrogen and oxygen atoms in total. The number of pyridine rings is 1. The summed E-state index contributed by atoms with van der Waals surface area (Å²) in [6.45, 7) is 3.90. The van der Waals surface area contributed by atoms with Crippen LogP contribution in [-0.4, -0.2) is 16.0 Å².